The number of pyridine rings is 2. The van der Waals surface area contributed by atoms with Gasteiger partial charge in [0.25, 0.3) is 0 Å². The first-order valence-corrected chi connectivity index (χ1v) is 13.7. The molecule has 208 valence electrons. The van der Waals surface area contributed by atoms with Gasteiger partial charge < -0.3 is 25.4 Å². The van der Waals surface area contributed by atoms with E-state index in [1.165, 1.54) is 5.56 Å². The molecule has 0 saturated carbocycles. The number of aromatic nitrogens is 4. The molecule has 0 amide bonds. The zero-order valence-corrected chi connectivity index (χ0v) is 22.9. The second-order valence-electron chi connectivity index (χ2n) is 9.91. The maximum absolute atomic E-state index is 12.1. The number of carbonyl (C=O) groups is 1. The van der Waals surface area contributed by atoms with Crippen molar-refractivity contribution >= 4 is 17.6 Å². The van der Waals surface area contributed by atoms with Gasteiger partial charge in [-0.25, -0.2) is 19.7 Å². The number of hydrogen-bond acceptors (Lipinski definition) is 9. The van der Waals surface area contributed by atoms with E-state index in [0.29, 0.717) is 31.2 Å². The number of anilines is 2. The fourth-order valence-electron chi connectivity index (χ4n) is 4.73. The second-order valence-corrected chi connectivity index (χ2v) is 9.91. The highest BCUT2D eigenvalue weighted by Crippen LogP contribution is 2.21. The molecule has 0 bridgehead atoms. The van der Waals surface area contributed by atoms with Crippen LogP contribution >= 0.6 is 0 Å². The highest BCUT2D eigenvalue weighted by Gasteiger charge is 2.20. The van der Waals surface area contributed by atoms with Crippen molar-refractivity contribution < 1.29 is 14.6 Å². The number of carboxylic acids is 1. The van der Waals surface area contributed by atoms with Crippen molar-refractivity contribution in [3.8, 4) is 11.4 Å². The lowest BCUT2D eigenvalue weighted by molar-refractivity contribution is -0.138. The number of fused-ring (bicyclic) bond motifs is 1. The normalized spacial score (nSPS) is 13.5. The van der Waals surface area contributed by atoms with E-state index < -0.39 is 12.0 Å². The Morgan fingerprint density at radius 3 is 2.77 bits per heavy atom. The molecule has 4 rings (SSSR count). The molecule has 0 saturated heterocycles. The maximum atomic E-state index is 12.1. The fourth-order valence-corrected chi connectivity index (χ4v) is 4.73. The van der Waals surface area contributed by atoms with Crippen LogP contribution in [0.4, 0.5) is 11.6 Å². The lowest BCUT2D eigenvalue weighted by Crippen LogP contribution is -2.37. The zero-order chi connectivity index (χ0) is 27.5. The summed E-state index contributed by atoms with van der Waals surface area (Å²) >= 11 is 0. The van der Waals surface area contributed by atoms with Gasteiger partial charge >= 0.3 is 5.97 Å². The SMILES string of the molecule is COCCN(CCCCc1ccc2c(n1)NCCC2)CC[C@H](Nc1cc(C)nc(-c2ccncc2)n1)C(=O)O. The molecular weight excluding hydrogens is 494 g/mol. The molecule has 39 heavy (non-hydrogen) atoms. The third-order valence-electron chi connectivity index (χ3n) is 6.87. The van der Waals surface area contributed by atoms with Crippen molar-refractivity contribution in [2.45, 2.75) is 51.5 Å². The number of unbranched alkanes of at least 4 members (excludes halogenated alkanes) is 1. The Bertz CT molecular complexity index is 1210. The predicted molar refractivity (Wildman–Crippen MR) is 152 cm³/mol. The monoisotopic (exact) mass is 533 g/mol. The lowest BCUT2D eigenvalue weighted by atomic mass is 10.1. The number of rotatable bonds is 15. The van der Waals surface area contributed by atoms with Crippen LogP contribution in [0.5, 0.6) is 0 Å². The van der Waals surface area contributed by atoms with Gasteiger partial charge in [0.05, 0.1) is 6.61 Å². The Balaban J connectivity index is 1.30. The number of nitrogens with zero attached hydrogens (tertiary/aromatic N) is 5. The maximum Gasteiger partial charge on any atom is 0.326 e. The van der Waals surface area contributed by atoms with Crippen LogP contribution in [-0.2, 0) is 22.4 Å². The van der Waals surface area contributed by atoms with Crippen molar-refractivity contribution in [3.63, 3.8) is 0 Å². The topological polar surface area (TPSA) is 125 Å². The average molecular weight is 534 g/mol. The van der Waals surface area contributed by atoms with Gasteiger partial charge in [-0.1, -0.05) is 6.07 Å². The van der Waals surface area contributed by atoms with E-state index in [-0.39, 0.29) is 0 Å². The van der Waals surface area contributed by atoms with Crippen LogP contribution in [0.15, 0.2) is 42.7 Å². The van der Waals surface area contributed by atoms with Gasteiger partial charge in [-0.3, -0.25) is 4.98 Å². The third kappa shape index (κ3) is 8.69. The van der Waals surface area contributed by atoms with Gasteiger partial charge in [0.2, 0.25) is 0 Å². The minimum atomic E-state index is -0.907. The van der Waals surface area contributed by atoms with Crippen molar-refractivity contribution in [3.05, 3.63) is 59.7 Å². The molecule has 1 atom stereocenters. The van der Waals surface area contributed by atoms with Gasteiger partial charge in [-0.15, -0.1) is 0 Å². The van der Waals surface area contributed by atoms with Gasteiger partial charge in [0, 0.05) is 62.2 Å². The van der Waals surface area contributed by atoms with Crippen LogP contribution in [0.3, 0.4) is 0 Å². The van der Waals surface area contributed by atoms with Crippen LogP contribution in [0, 0.1) is 6.92 Å². The van der Waals surface area contributed by atoms with Crippen molar-refractivity contribution in [2.24, 2.45) is 0 Å². The molecule has 10 heteroatoms. The summed E-state index contributed by atoms with van der Waals surface area (Å²) in [5.41, 5.74) is 4.02. The standard InChI is InChI=1S/C29H39N7O3/c1-21-20-26(35-28(32-21)23-10-14-30-15-11-23)34-25(29(37)38)12-17-36(18-19-39-2)16-4-3-7-24-9-8-22-6-5-13-31-27(22)33-24/h8-11,14-15,20,25H,3-7,12-13,16-19H2,1-2H3,(H,31,33)(H,37,38)(H,32,34,35)/t25-/m0/s1. The number of hydrogen-bond donors (Lipinski definition) is 3. The molecule has 0 unspecified atom stereocenters. The summed E-state index contributed by atoms with van der Waals surface area (Å²) in [6.07, 6.45) is 9.01. The second kappa shape index (κ2) is 14.5. The Kier molecular flexibility index (Phi) is 10.6. The summed E-state index contributed by atoms with van der Waals surface area (Å²) in [7, 11) is 1.69. The lowest BCUT2D eigenvalue weighted by Gasteiger charge is -2.24. The van der Waals surface area contributed by atoms with Crippen LogP contribution in [0.2, 0.25) is 0 Å². The minimum absolute atomic E-state index is 0.435. The van der Waals surface area contributed by atoms with Gasteiger partial charge in [-0.05, 0) is 75.8 Å². The summed E-state index contributed by atoms with van der Waals surface area (Å²) in [5.74, 6) is 1.17. The number of ether oxygens (including phenoxy) is 1. The Hall–Kier alpha value is -3.63. The van der Waals surface area contributed by atoms with Crippen molar-refractivity contribution in [1.29, 1.82) is 0 Å². The van der Waals surface area contributed by atoms with Crippen molar-refractivity contribution in [2.75, 3.05) is 50.5 Å². The average Bonchev–Trinajstić information content (AvgIpc) is 2.95. The first-order valence-electron chi connectivity index (χ1n) is 13.7. The van der Waals surface area contributed by atoms with Gasteiger partial charge in [-0.2, -0.15) is 0 Å². The number of aryl methyl sites for hydroxylation is 3. The Morgan fingerprint density at radius 2 is 1.97 bits per heavy atom. The summed E-state index contributed by atoms with van der Waals surface area (Å²) in [6.45, 7) is 5.72. The number of nitrogens with one attached hydrogen (secondary N) is 2. The zero-order valence-electron chi connectivity index (χ0n) is 22.9. The fraction of sp³-hybridized carbons (Fsp3) is 0.483. The molecule has 0 aromatic carbocycles. The number of aliphatic carboxylic acids is 1. The summed E-state index contributed by atoms with van der Waals surface area (Å²) in [5, 5.41) is 16.5. The Labute approximate surface area is 230 Å². The quantitative estimate of drug-likeness (QED) is 0.248. The third-order valence-corrected chi connectivity index (χ3v) is 6.87. The largest absolute Gasteiger partial charge is 0.480 e. The molecule has 1 aliphatic rings. The van der Waals surface area contributed by atoms with E-state index >= 15 is 0 Å². The molecule has 4 heterocycles. The van der Waals surface area contributed by atoms with Crippen LogP contribution < -0.4 is 10.6 Å². The molecule has 3 N–H and O–H groups in total. The molecule has 3 aromatic rings. The van der Waals surface area contributed by atoms with E-state index in [1.807, 2.05) is 19.1 Å². The first-order chi connectivity index (χ1) is 19.0. The van der Waals surface area contributed by atoms with E-state index in [9.17, 15) is 9.90 Å². The summed E-state index contributed by atoms with van der Waals surface area (Å²) in [4.78, 5) is 32.3. The first kappa shape index (κ1) is 28.4. The van der Waals surface area contributed by atoms with E-state index in [4.69, 9.17) is 9.72 Å². The van der Waals surface area contributed by atoms with Crippen LogP contribution in [0.1, 0.15) is 42.6 Å². The van der Waals surface area contributed by atoms with E-state index in [2.05, 4.69) is 42.6 Å². The van der Waals surface area contributed by atoms with Gasteiger partial charge in [0.1, 0.15) is 17.7 Å². The molecule has 3 aromatic heterocycles. The van der Waals surface area contributed by atoms with Crippen molar-refractivity contribution in [1.82, 2.24) is 24.8 Å². The highest BCUT2D eigenvalue weighted by atomic mass is 16.5. The van der Waals surface area contributed by atoms with Crippen LogP contribution in [-0.4, -0.2) is 81.8 Å². The van der Waals surface area contributed by atoms with Crippen LogP contribution in [0.25, 0.3) is 11.4 Å². The smallest absolute Gasteiger partial charge is 0.326 e. The predicted octanol–water partition coefficient (Wildman–Crippen LogP) is 3.83. The van der Waals surface area contributed by atoms with E-state index in [0.717, 1.165) is 74.5 Å². The van der Waals surface area contributed by atoms with Gasteiger partial charge in [0.15, 0.2) is 5.82 Å². The minimum Gasteiger partial charge on any atom is -0.480 e. The summed E-state index contributed by atoms with van der Waals surface area (Å²) < 4.78 is 5.31. The molecule has 0 aliphatic carbocycles. The van der Waals surface area contributed by atoms with E-state index in [1.54, 1.807) is 25.6 Å². The Morgan fingerprint density at radius 1 is 1.13 bits per heavy atom. The summed E-state index contributed by atoms with van der Waals surface area (Å²) in [6, 6.07) is 9.01. The molecular formula is C29H39N7O3. The number of carboxylic acid groups (broad SMARTS) is 1. The molecule has 0 radical (unpaired) electrons. The molecule has 10 nitrogen and oxygen atoms in total. The highest BCUT2D eigenvalue weighted by molar-refractivity contribution is 5.77. The molecule has 1 aliphatic heterocycles. The molecule has 0 spiro atoms. The molecule has 0 fully saturated rings. The number of methoxy groups -OCH3 is 1.